The van der Waals surface area contributed by atoms with Gasteiger partial charge in [0.1, 0.15) is 0 Å². The van der Waals surface area contributed by atoms with Crippen molar-refractivity contribution in [3.05, 3.63) is 47.0 Å². The maximum atomic E-state index is 12.0. The fourth-order valence-electron chi connectivity index (χ4n) is 2.32. The summed E-state index contributed by atoms with van der Waals surface area (Å²) in [4.78, 5) is 24.5. The summed E-state index contributed by atoms with van der Waals surface area (Å²) in [6, 6.07) is 6.69. The van der Waals surface area contributed by atoms with Crippen LogP contribution in [0, 0.1) is 0 Å². The predicted molar refractivity (Wildman–Crippen MR) is 80.5 cm³/mol. The number of carboxylic acids is 1. The first-order valence-electron chi connectivity index (χ1n) is 7.07. The van der Waals surface area contributed by atoms with Gasteiger partial charge in [0.05, 0.1) is 5.56 Å². The quantitative estimate of drug-likeness (QED) is 0.835. The van der Waals surface area contributed by atoms with Crippen LogP contribution in [0.4, 0.5) is 4.79 Å². The number of nitrogens with one attached hydrogen (secondary N) is 1. The maximum Gasteiger partial charge on any atom is 0.335 e. The summed E-state index contributed by atoms with van der Waals surface area (Å²) < 4.78 is 0. The Hall–Kier alpha value is -2.30. The largest absolute Gasteiger partial charge is 0.478 e. The molecular weight excluding hydrogens is 268 g/mol. The van der Waals surface area contributed by atoms with Crippen LogP contribution in [0.15, 0.2) is 35.9 Å². The molecule has 21 heavy (non-hydrogen) atoms. The monoisotopic (exact) mass is 288 g/mol. The first-order chi connectivity index (χ1) is 10.1. The summed E-state index contributed by atoms with van der Waals surface area (Å²) in [5.41, 5.74) is 2.51. The molecule has 2 amide bonds. The minimum atomic E-state index is -0.927. The Labute approximate surface area is 124 Å². The van der Waals surface area contributed by atoms with Crippen molar-refractivity contribution in [1.29, 1.82) is 0 Å². The Bertz CT molecular complexity index is 549. The number of urea groups is 1. The van der Waals surface area contributed by atoms with Gasteiger partial charge in [0.15, 0.2) is 0 Å². The molecule has 1 aromatic carbocycles. The lowest BCUT2D eigenvalue weighted by molar-refractivity contribution is 0.0697. The van der Waals surface area contributed by atoms with Gasteiger partial charge in [-0.3, -0.25) is 0 Å². The van der Waals surface area contributed by atoms with Gasteiger partial charge in [0.2, 0.25) is 0 Å². The van der Waals surface area contributed by atoms with E-state index in [1.807, 2.05) is 11.8 Å². The van der Waals surface area contributed by atoms with E-state index in [9.17, 15) is 9.59 Å². The molecule has 0 saturated carbocycles. The van der Waals surface area contributed by atoms with Crippen LogP contribution in [0.25, 0.3) is 0 Å². The molecule has 0 unspecified atom stereocenters. The number of carbonyl (C=O) groups excluding carboxylic acids is 1. The predicted octanol–water partition coefficient (Wildman–Crippen LogP) is 2.29. The maximum absolute atomic E-state index is 12.0. The highest BCUT2D eigenvalue weighted by molar-refractivity contribution is 5.87. The van der Waals surface area contributed by atoms with E-state index in [-0.39, 0.29) is 11.6 Å². The first-order valence-corrected chi connectivity index (χ1v) is 7.07. The van der Waals surface area contributed by atoms with Crippen molar-refractivity contribution < 1.29 is 14.7 Å². The van der Waals surface area contributed by atoms with Crippen LogP contribution in [0.1, 0.15) is 29.3 Å². The molecule has 0 aromatic heterocycles. The number of carboxylic acid groups (broad SMARTS) is 1. The fourth-order valence-corrected chi connectivity index (χ4v) is 2.32. The van der Waals surface area contributed by atoms with Crippen LogP contribution in [0.3, 0.4) is 0 Å². The minimum absolute atomic E-state index is 0.0374. The second-order valence-corrected chi connectivity index (χ2v) is 5.24. The molecule has 2 rings (SSSR count). The molecule has 0 atom stereocenters. The molecule has 0 bridgehead atoms. The Kier molecular flexibility index (Phi) is 4.98. The summed E-state index contributed by atoms with van der Waals surface area (Å²) in [6.45, 7) is 4.03. The molecule has 0 saturated heterocycles. The lowest BCUT2D eigenvalue weighted by Crippen LogP contribution is -2.43. The molecule has 0 fully saturated rings. The third-order valence-corrected chi connectivity index (χ3v) is 3.51. The van der Waals surface area contributed by atoms with Crippen molar-refractivity contribution in [3.63, 3.8) is 0 Å². The Morgan fingerprint density at radius 1 is 1.29 bits per heavy atom. The van der Waals surface area contributed by atoms with Crippen molar-refractivity contribution in [2.45, 2.75) is 19.8 Å². The Morgan fingerprint density at radius 3 is 2.62 bits per heavy atom. The average molecular weight is 288 g/mol. The van der Waals surface area contributed by atoms with E-state index >= 15 is 0 Å². The van der Waals surface area contributed by atoms with Gasteiger partial charge in [-0.05, 0) is 37.5 Å². The molecule has 1 aromatic rings. The summed E-state index contributed by atoms with van der Waals surface area (Å²) in [5, 5.41) is 11.7. The van der Waals surface area contributed by atoms with Gasteiger partial charge in [0.25, 0.3) is 0 Å². The molecule has 2 N–H and O–H groups in total. The lowest BCUT2D eigenvalue weighted by atomic mass is 10.1. The van der Waals surface area contributed by atoms with Crippen LogP contribution in [-0.4, -0.2) is 41.6 Å². The van der Waals surface area contributed by atoms with Crippen LogP contribution >= 0.6 is 0 Å². The molecule has 5 heteroatoms. The zero-order valence-corrected chi connectivity index (χ0v) is 12.1. The van der Waals surface area contributed by atoms with Gasteiger partial charge in [-0.15, -0.1) is 0 Å². The van der Waals surface area contributed by atoms with Crippen LogP contribution in [0.2, 0.25) is 0 Å². The second-order valence-electron chi connectivity index (χ2n) is 5.24. The van der Waals surface area contributed by atoms with Crippen molar-refractivity contribution in [3.8, 4) is 0 Å². The highest BCUT2D eigenvalue weighted by atomic mass is 16.4. The van der Waals surface area contributed by atoms with Crippen LogP contribution in [0.5, 0.6) is 0 Å². The standard InChI is InChI=1S/C16H20N2O3/c1-12-3-2-10-18(11-12)16(21)17-9-8-13-4-6-14(7-5-13)15(19)20/h3-7H,2,8-11H2,1H3,(H,17,21)(H,19,20). The Balaban J connectivity index is 1.77. The van der Waals surface area contributed by atoms with Crippen molar-refractivity contribution in [2.75, 3.05) is 19.6 Å². The highest BCUT2D eigenvalue weighted by Crippen LogP contribution is 2.09. The van der Waals surface area contributed by atoms with Gasteiger partial charge in [-0.1, -0.05) is 23.8 Å². The molecule has 1 aliphatic heterocycles. The summed E-state index contributed by atoms with van der Waals surface area (Å²) >= 11 is 0. The molecule has 1 aliphatic rings. The molecular formula is C16H20N2O3. The smallest absolute Gasteiger partial charge is 0.335 e. The third kappa shape index (κ3) is 4.34. The zero-order valence-electron chi connectivity index (χ0n) is 12.1. The zero-order chi connectivity index (χ0) is 15.2. The van der Waals surface area contributed by atoms with Crippen molar-refractivity contribution in [1.82, 2.24) is 10.2 Å². The number of nitrogens with zero attached hydrogens (tertiary/aromatic N) is 1. The number of rotatable bonds is 4. The van der Waals surface area contributed by atoms with E-state index in [1.54, 1.807) is 24.3 Å². The van der Waals surface area contributed by atoms with Crippen LogP contribution < -0.4 is 5.32 Å². The van der Waals surface area contributed by atoms with E-state index in [2.05, 4.69) is 11.4 Å². The summed E-state index contributed by atoms with van der Waals surface area (Å²) in [5.74, 6) is -0.927. The molecule has 112 valence electrons. The average Bonchev–Trinajstić information content (AvgIpc) is 2.47. The molecule has 0 radical (unpaired) electrons. The van der Waals surface area contributed by atoms with E-state index in [1.165, 1.54) is 5.57 Å². The van der Waals surface area contributed by atoms with Gasteiger partial charge in [0, 0.05) is 19.6 Å². The number of benzene rings is 1. The summed E-state index contributed by atoms with van der Waals surface area (Å²) in [7, 11) is 0. The Morgan fingerprint density at radius 2 is 2.00 bits per heavy atom. The first kappa shape index (κ1) is 15.1. The van der Waals surface area contributed by atoms with E-state index in [0.717, 1.165) is 18.5 Å². The van der Waals surface area contributed by atoms with E-state index < -0.39 is 5.97 Å². The van der Waals surface area contributed by atoms with Gasteiger partial charge in [-0.25, -0.2) is 9.59 Å². The van der Waals surface area contributed by atoms with Crippen molar-refractivity contribution >= 4 is 12.0 Å². The number of hydrogen-bond acceptors (Lipinski definition) is 2. The lowest BCUT2D eigenvalue weighted by Gasteiger charge is -2.26. The molecule has 0 spiro atoms. The van der Waals surface area contributed by atoms with E-state index in [4.69, 9.17) is 5.11 Å². The minimum Gasteiger partial charge on any atom is -0.478 e. The normalized spacial score (nSPS) is 14.5. The van der Waals surface area contributed by atoms with E-state index in [0.29, 0.717) is 19.5 Å². The summed E-state index contributed by atoms with van der Waals surface area (Å²) in [6.07, 6.45) is 3.76. The highest BCUT2D eigenvalue weighted by Gasteiger charge is 2.15. The second kappa shape index (κ2) is 6.92. The molecule has 0 aliphatic carbocycles. The number of aromatic carboxylic acids is 1. The topological polar surface area (TPSA) is 69.6 Å². The SMILES string of the molecule is CC1=CCCN(C(=O)NCCc2ccc(C(=O)O)cc2)C1. The van der Waals surface area contributed by atoms with Crippen LogP contribution in [-0.2, 0) is 6.42 Å². The van der Waals surface area contributed by atoms with Gasteiger partial charge < -0.3 is 15.3 Å². The van der Waals surface area contributed by atoms with Crippen molar-refractivity contribution in [2.24, 2.45) is 0 Å². The fraction of sp³-hybridized carbons (Fsp3) is 0.375. The number of carbonyl (C=O) groups is 2. The van der Waals surface area contributed by atoms with Gasteiger partial charge >= 0.3 is 12.0 Å². The van der Waals surface area contributed by atoms with Gasteiger partial charge in [-0.2, -0.15) is 0 Å². The third-order valence-electron chi connectivity index (χ3n) is 3.51. The molecule has 5 nitrogen and oxygen atoms in total. The number of amides is 2. The number of hydrogen-bond donors (Lipinski definition) is 2. The molecule has 1 heterocycles.